The van der Waals surface area contributed by atoms with Crippen molar-refractivity contribution in [3.8, 4) is 0 Å². The molecule has 0 aromatic rings. The van der Waals surface area contributed by atoms with Crippen molar-refractivity contribution in [2.24, 2.45) is 15.5 Å². The molecule has 7 N–H and O–H groups in total. The molecule has 1 aliphatic rings. The zero-order chi connectivity index (χ0) is 12.8. The first kappa shape index (κ1) is 17.1. The molecule has 16 heteroatoms. The first-order valence-corrected chi connectivity index (χ1v) is 15.9. The average Bonchev–Trinajstić information content (AvgIpc) is 1.67. The minimum absolute atomic E-state index is 2.55. The highest BCUT2D eigenvalue weighted by molar-refractivity contribution is 8.28. The van der Waals surface area contributed by atoms with Crippen LogP contribution in [-0.4, -0.2) is 0 Å². The fourth-order valence-corrected chi connectivity index (χ4v) is 23.5. The Bertz CT molecular complexity index is 332. The molecule has 0 fully saturated rings. The van der Waals surface area contributed by atoms with Crippen molar-refractivity contribution in [2.45, 2.75) is 0 Å². The lowest BCUT2D eigenvalue weighted by Gasteiger charge is -2.21. The second-order valence-electron chi connectivity index (χ2n) is 2.63. The molecule has 0 aromatic carbocycles. The molecule has 6 nitrogen and oxygen atoms in total. The highest BCUT2D eigenvalue weighted by atomic mass is 35.9. The van der Waals surface area contributed by atoms with Gasteiger partial charge < -0.3 is 0 Å². The van der Waals surface area contributed by atoms with Gasteiger partial charge in [0.05, 0.1) is 0 Å². The van der Waals surface area contributed by atoms with E-state index in [4.69, 9.17) is 78.5 Å². The summed E-state index contributed by atoms with van der Waals surface area (Å²) in [6.07, 6.45) is -5.96. The van der Waals surface area contributed by atoms with Gasteiger partial charge >= 0.3 is 19.6 Å². The van der Waals surface area contributed by atoms with E-state index in [0.717, 1.165) is 0 Å². The smallest absolute Gasteiger partial charge is 0.268 e. The summed E-state index contributed by atoms with van der Waals surface area (Å²) in [5, 5.41) is 0. The SMILES string of the molecule is NP1(Cl)=N[P+](Cl)(Cl)N[P+](N)(Cl)N[P+](Cl)(Cl)N1. The van der Waals surface area contributed by atoms with Gasteiger partial charge in [-0.25, -0.2) is 0 Å². The summed E-state index contributed by atoms with van der Waals surface area (Å²) >= 11 is 35.4. The van der Waals surface area contributed by atoms with E-state index in [9.17, 15) is 0 Å². The van der Waals surface area contributed by atoms with E-state index in [-0.39, 0.29) is 0 Å². The second-order valence-corrected chi connectivity index (χ2v) is 20.4. The van der Waals surface area contributed by atoms with Gasteiger partial charge in [-0.3, -0.25) is 5.50 Å². The lowest BCUT2D eigenvalue weighted by atomic mass is 13.8. The number of halogens is 6. The Morgan fingerprint density at radius 3 is 2.06 bits per heavy atom. The summed E-state index contributed by atoms with van der Waals surface area (Å²) in [6.45, 7) is -3.01. The van der Waals surface area contributed by atoms with E-state index >= 15 is 0 Å². The van der Waals surface area contributed by atoms with E-state index in [1.807, 2.05) is 0 Å². The van der Waals surface area contributed by atoms with Crippen LogP contribution in [0.5, 0.6) is 0 Å². The largest absolute Gasteiger partial charge is 0.435 e. The van der Waals surface area contributed by atoms with Crippen LogP contribution in [0.25, 0.3) is 0 Å². The van der Waals surface area contributed by atoms with Crippen molar-refractivity contribution in [1.82, 2.24) is 14.6 Å². The Balaban J connectivity index is 3.17. The third-order valence-electron chi connectivity index (χ3n) is 1.05. The molecule has 0 saturated heterocycles. The Morgan fingerprint density at radius 2 is 1.56 bits per heavy atom. The fraction of sp³-hybridized carbons (Fsp3) is 0. The van der Waals surface area contributed by atoms with Crippen LogP contribution in [-0.2, 0) is 0 Å². The van der Waals surface area contributed by atoms with Gasteiger partial charge in [0.2, 0.25) is 0 Å². The number of nitrogens with two attached hydrogens (primary N) is 2. The third kappa shape index (κ3) is 6.01. The lowest BCUT2D eigenvalue weighted by molar-refractivity contribution is 1.38. The van der Waals surface area contributed by atoms with E-state index in [1.54, 1.807) is 0 Å². The van der Waals surface area contributed by atoms with Crippen molar-refractivity contribution in [1.29, 1.82) is 0 Å². The lowest BCUT2D eigenvalue weighted by Crippen LogP contribution is -2.30. The van der Waals surface area contributed by atoms with Crippen molar-refractivity contribution in [3.63, 3.8) is 0 Å². The van der Waals surface area contributed by atoms with Gasteiger partial charge in [-0.2, -0.15) is 5.50 Å². The van der Waals surface area contributed by atoms with E-state index in [2.05, 4.69) is 19.1 Å². The topological polar surface area (TPSA) is 100 Å². The van der Waals surface area contributed by atoms with Crippen LogP contribution < -0.4 is 25.6 Å². The molecule has 0 aliphatic carbocycles. The van der Waals surface area contributed by atoms with Crippen LogP contribution in [0.3, 0.4) is 0 Å². The summed E-state index contributed by atoms with van der Waals surface area (Å²) < 4.78 is 3.85. The summed E-state index contributed by atoms with van der Waals surface area (Å²) in [5.74, 6) is 0. The monoisotopic (exact) mass is 425 g/mol. The quantitative estimate of drug-likeness (QED) is 0.346. The minimum Gasteiger partial charge on any atom is -0.268 e. The fourth-order valence-electron chi connectivity index (χ4n) is 0.782. The van der Waals surface area contributed by atoms with Gasteiger partial charge in [-0.1, -0.05) is 4.86 Å². The third-order valence-corrected chi connectivity index (χ3v) is 17.4. The summed E-state index contributed by atoms with van der Waals surface area (Å²) in [4.78, 5) is 7.67. The summed E-state index contributed by atoms with van der Waals surface area (Å²) in [6, 6.07) is 0. The minimum atomic E-state index is -3.03. The number of hydrogen-bond acceptors (Lipinski definition) is 6. The maximum absolute atomic E-state index is 5.92. The molecule has 1 heterocycles. The van der Waals surface area contributed by atoms with Crippen molar-refractivity contribution in [3.05, 3.63) is 0 Å². The molecule has 2 atom stereocenters. The number of nitrogens with one attached hydrogen (secondary N) is 3. The highest BCUT2D eigenvalue weighted by Gasteiger charge is 2.63. The van der Waals surface area contributed by atoms with Crippen molar-refractivity contribution in [2.75, 3.05) is 0 Å². The summed E-state index contributed by atoms with van der Waals surface area (Å²) in [7, 11) is -2.92. The van der Waals surface area contributed by atoms with Gasteiger partial charge in [-0.05, 0) is 15.8 Å². The zero-order valence-corrected chi connectivity index (χ0v) is 15.3. The first-order chi connectivity index (χ1) is 6.83. The van der Waals surface area contributed by atoms with Crippen LogP contribution >= 0.6 is 93.8 Å². The van der Waals surface area contributed by atoms with E-state index < -0.39 is 26.3 Å². The molecule has 0 amide bonds. The highest BCUT2D eigenvalue weighted by Crippen LogP contribution is 2.85. The van der Waals surface area contributed by atoms with Crippen LogP contribution in [0.4, 0.5) is 0 Å². The predicted octanol–water partition coefficient (Wildman–Crippen LogP) is 5.10. The van der Waals surface area contributed by atoms with Crippen molar-refractivity contribution >= 4 is 93.8 Å². The molecule has 0 aromatic heterocycles. The van der Waals surface area contributed by atoms with Crippen LogP contribution in [0.1, 0.15) is 0 Å². The maximum atomic E-state index is 5.92. The molecule has 1 rings (SSSR count). The zero-order valence-electron chi connectivity index (χ0n) is 7.16. The first-order valence-electron chi connectivity index (χ1n) is 3.27. The Kier molecular flexibility index (Phi) is 5.83. The second kappa shape index (κ2) is 5.45. The van der Waals surface area contributed by atoms with Gasteiger partial charge in [-0.15, -0.1) is 0 Å². The molecule has 0 saturated carbocycles. The van der Waals surface area contributed by atoms with Crippen LogP contribution in [0.15, 0.2) is 4.52 Å². The standard InChI is InChI=1S/Cl6H7N6P4/c1-13(2)9-15(5,7)11-14(3,4)12-16(6,8)10-13/h9-11H,7-8H2/q+3. The van der Waals surface area contributed by atoms with Crippen LogP contribution in [0, 0.1) is 0 Å². The molecular weight excluding hydrogens is 421 g/mol. The number of rotatable bonds is 0. The molecular formula is H7Cl6N6P4+3. The Hall–Kier alpha value is 3.06. The molecule has 16 heavy (non-hydrogen) atoms. The van der Waals surface area contributed by atoms with Gasteiger partial charge in [0.25, 0.3) is 6.71 Å². The van der Waals surface area contributed by atoms with E-state index in [0.29, 0.717) is 0 Å². The molecule has 0 spiro atoms. The average molecular weight is 428 g/mol. The molecule has 0 radical (unpaired) electrons. The molecule has 96 valence electrons. The predicted molar refractivity (Wildman–Crippen MR) is 83.0 cm³/mol. The van der Waals surface area contributed by atoms with Crippen LogP contribution in [0.2, 0.25) is 0 Å². The van der Waals surface area contributed by atoms with Gasteiger partial charge in [0, 0.05) is 9.72 Å². The Morgan fingerprint density at radius 1 is 1.06 bits per heavy atom. The van der Waals surface area contributed by atoms with Gasteiger partial charge in [0.1, 0.15) is 0 Å². The van der Waals surface area contributed by atoms with E-state index in [1.165, 1.54) is 0 Å². The summed E-state index contributed by atoms with van der Waals surface area (Å²) in [5.41, 5.74) is 11.3. The Labute approximate surface area is 123 Å². The number of hydrogen-bond donors (Lipinski definition) is 5. The molecule has 2 unspecified atom stereocenters. The maximum Gasteiger partial charge on any atom is 0.435 e. The van der Waals surface area contributed by atoms with Gasteiger partial charge in [0.15, 0.2) is 56.2 Å². The number of nitrogens with zero attached hydrogens (tertiary/aromatic N) is 1. The molecule has 1 aliphatic heterocycles. The van der Waals surface area contributed by atoms with Crippen molar-refractivity contribution < 1.29 is 0 Å². The normalized spacial score (nSPS) is 43.0. The molecule has 0 bridgehead atoms.